The minimum Gasteiger partial charge on any atom is -0.361 e. The Labute approximate surface area is 146 Å². The molecule has 1 aliphatic rings. The monoisotopic (exact) mass is 342 g/mol. The number of nitrogens with zero attached hydrogens (tertiary/aromatic N) is 2. The highest BCUT2D eigenvalue weighted by Crippen LogP contribution is 2.17. The summed E-state index contributed by atoms with van der Waals surface area (Å²) in [5.41, 5.74) is 2.17. The molecule has 1 aromatic heterocycles. The van der Waals surface area contributed by atoms with Crippen LogP contribution < -0.4 is 5.32 Å². The second-order valence-electron chi connectivity index (χ2n) is 6.16. The van der Waals surface area contributed by atoms with Gasteiger partial charge < -0.3 is 20.1 Å². The lowest BCUT2D eigenvalue weighted by molar-refractivity contribution is -0.148. The average Bonchev–Trinajstić information content (AvgIpc) is 3.04. The first-order valence-corrected chi connectivity index (χ1v) is 8.44. The van der Waals surface area contributed by atoms with Gasteiger partial charge in [0.1, 0.15) is 0 Å². The first-order chi connectivity index (χ1) is 12.1. The van der Waals surface area contributed by atoms with Gasteiger partial charge in [-0.25, -0.2) is 0 Å². The van der Waals surface area contributed by atoms with Crippen LogP contribution in [0.1, 0.15) is 12.5 Å². The van der Waals surface area contributed by atoms with E-state index in [0.717, 1.165) is 16.5 Å². The van der Waals surface area contributed by atoms with Gasteiger partial charge in [0.2, 0.25) is 5.91 Å². The van der Waals surface area contributed by atoms with Gasteiger partial charge in [0, 0.05) is 56.7 Å². The Morgan fingerprint density at radius 3 is 2.48 bits per heavy atom. The number of nitrogens with one attached hydrogen (secondary N) is 2. The zero-order valence-electron chi connectivity index (χ0n) is 14.2. The van der Waals surface area contributed by atoms with E-state index in [1.807, 2.05) is 30.5 Å². The maximum absolute atomic E-state index is 12.2. The molecule has 1 aliphatic heterocycles. The number of piperazine rings is 1. The third kappa shape index (κ3) is 3.81. The first kappa shape index (κ1) is 17.0. The molecule has 3 amide bonds. The maximum Gasteiger partial charge on any atom is 0.312 e. The Hall–Kier alpha value is -2.83. The second kappa shape index (κ2) is 7.38. The number of carbonyl (C=O) groups excluding carboxylic acids is 3. The number of rotatable bonds is 3. The van der Waals surface area contributed by atoms with Crippen molar-refractivity contribution in [2.24, 2.45) is 0 Å². The molecule has 2 aromatic rings. The van der Waals surface area contributed by atoms with Crippen molar-refractivity contribution in [3.8, 4) is 0 Å². The summed E-state index contributed by atoms with van der Waals surface area (Å²) >= 11 is 0. The number of hydrogen-bond acceptors (Lipinski definition) is 3. The molecule has 25 heavy (non-hydrogen) atoms. The van der Waals surface area contributed by atoms with Gasteiger partial charge in [0.05, 0.1) is 0 Å². The van der Waals surface area contributed by atoms with Gasteiger partial charge in [-0.3, -0.25) is 14.4 Å². The molecular formula is C18H22N4O3. The predicted molar refractivity (Wildman–Crippen MR) is 93.8 cm³/mol. The zero-order chi connectivity index (χ0) is 17.8. The van der Waals surface area contributed by atoms with E-state index in [-0.39, 0.29) is 5.91 Å². The Bertz CT molecular complexity index is 790. The first-order valence-electron chi connectivity index (χ1n) is 8.44. The minimum absolute atomic E-state index is 0.00437. The zero-order valence-corrected chi connectivity index (χ0v) is 14.2. The third-order valence-corrected chi connectivity index (χ3v) is 4.56. The molecule has 1 saturated heterocycles. The van der Waals surface area contributed by atoms with E-state index in [0.29, 0.717) is 39.1 Å². The molecule has 0 spiro atoms. The third-order valence-electron chi connectivity index (χ3n) is 4.56. The molecule has 132 valence electrons. The van der Waals surface area contributed by atoms with Gasteiger partial charge in [-0.15, -0.1) is 0 Å². The van der Waals surface area contributed by atoms with Gasteiger partial charge in [-0.1, -0.05) is 18.2 Å². The molecule has 0 unspecified atom stereocenters. The number of hydrogen-bond donors (Lipinski definition) is 2. The predicted octanol–water partition coefficient (Wildman–Crippen LogP) is 0.517. The van der Waals surface area contributed by atoms with Gasteiger partial charge in [-0.2, -0.15) is 0 Å². The van der Waals surface area contributed by atoms with Crippen molar-refractivity contribution in [1.29, 1.82) is 0 Å². The lowest BCUT2D eigenvalue weighted by Gasteiger charge is -2.33. The molecule has 2 heterocycles. The SMILES string of the molecule is CC(=O)N1CCN(C(=O)C(=O)NCCc2c[nH]c3ccccc23)CC1. The summed E-state index contributed by atoms with van der Waals surface area (Å²) in [6.45, 7) is 3.66. The summed E-state index contributed by atoms with van der Waals surface area (Å²) in [5.74, 6) is -1.12. The lowest BCUT2D eigenvalue weighted by Crippen LogP contribution is -2.53. The number of para-hydroxylation sites is 1. The van der Waals surface area contributed by atoms with E-state index in [2.05, 4.69) is 10.3 Å². The number of fused-ring (bicyclic) bond motifs is 1. The number of aromatic nitrogens is 1. The smallest absolute Gasteiger partial charge is 0.312 e. The van der Waals surface area contributed by atoms with E-state index >= 15 is 0 Å². The van der Waals surface area contributed by atoms with Crippen molar-refractivity contribution in [2.75, 3.05) is 32.7 Å². The van der Waals surface area contributed by atoms with E-state index in [1.165, 1.54) is 11.8 Å². The Kier molecular flexibility index (Phi) is 5.02. The quantitative estimate of drug-likeness (QED) is 0.798. The van der Waals surface area contributed by atoms with Crippen LogP contribution in [0.2, 0.25) is 0 Å². The van der Waals surface area contributed by atoms with Crippen LogP contribution in [0.25, 0.3) is 10.9 Å². The summed E-state index contributed by atoms with van der Waals surface area (Å²) in [6, 6.07) is 7.97. The summed E-state index contributed by atoms with van der Waals surface area (Å²) in [4.78, 5) is 41.9. The van der Waals surface area contributed by atoms with Gasteiger partial charge >= 0.3 is 11.8 Å². The molecule has 0 atom stereocenters. The number of carbonyl (C=O) groups is 3. The van der Waals surface area contributed by atoms with E-state index in [9.17, 15) is 14.4 Å². The average molecular weight is 342 g/mol. The Morgan fingerprint density at radius 2 is 1.76 bits per heavy atom. The highest BCUT2D eigenvalue weighted by molar-refractivity contribution is 6.35. The highest BCUT2D eigenvalue weighted by Gasteiger charge is 2.26. The van der Waals surface area contributed by atoms with Crippen molar-refractivity contribution in [3.05, 3.63) is 36.0 Å². The van der Waals surface area contributed by atoms with Crippen LogP contribution in [0.4, 0.5) is 0 Å². The molecular weight excluding hydrogens is 320 g/mol. The van der Waals surface area contributed by atoms with Crippen molar-refractivity contribution < 1.29 is 14.4 Å². The molecule has 0 saturated carbocycles. The summed E-state index contributed by atoms with van der Waals surface area (Å²) in [7, 11) is 0. The minimum atomic E-state index is -0.587. The molecule has 2 N–H and O–H groups in total. The molecule has 3 rings (SSSR count). The topological polar surface area (TPSA) is 85.5 Å². The fourth-order valence-electron chi connectivity index (χ4n) is 3.09. The maximum atomic E-state index is 12.2. The summed E-state index contributed by atoms with van der Waals surface area (Å²) in [6.07, 6.45) is 2.58. The van der Waals surface area contributed by atoms with Crippen LogP contribution in [0.15, 0.2) is 30.5 Å². The largest absolute Gasteiger partial charge is 0.361 e. The summed E-state index contributed by atoms with van der Waals surface area (Å²) < 4.78 is 0. The number of amides is 3. The number of aromatic amines is 1. The van der Waals surface area contributed by atoms with E-state index < -0.39 is 11.8 Å². The van der Waals surface area contributed by atoms with Crippen LogP contribution >= 0.6 is 0 Å². The summed E-state index contributed by atoms with van der Waals surface area (Å²) in [5, 5.41) is 3.82. The van der Waals surface area contributed by atoms with Crippen molar-refractivity contribution in [1.82, 2.24) is 20.1 Å². The molecule has 0 bridgehead atoms. The molecule has 0 aliphatic carbocycles. The van der Waals surface area contributed by atoms with Gasteiger partial charge in [0.15, 0.2) is 0 Å². The van der Waals surface area contributed by atoms with E-state index in [4.69, 9.17) is 0 Å². The molecule has 1 aromatic carbocycles. The van der Waals surface area contributed by atoms with Crippen LogP contribution in [-0.2, 0) is 20.8 Å². The normalized spacial score (nSPS) is 14.6. The molecule has 7 nitrogen and oxygen atoms in total. The number of benzene rings is 1. The van der Waals surface area contributed by atoms with Crippen molar-refractivity contribution in [2.45, 2.75) is 13.3 Å². The van der Waals surface area contributed by atoms with Crippen molar-refractivity contribution >= 4 is 28.6 Å². The van der Waals surface area contributed by atoms with Gasteiger partial charge in [-0.05, 0) is 18.1 Å². The highest BCUT2D eigenvalue weighted by atomic mass is 16.2. The van der Waals surface area contributed by atoms with Crippen LogP contribution in [0, 0.1) is 0 Å². The number of H-pyrrole nitrogens is 1. The fraction of sp³-hybridized carbons (Fsp3) is 0.389. The standard InChI is InChI=1S/C18H22N4O3/c1-13(23)21-8-10-22(11-9-21)18(25)17(24)19-7-6-14-12-20-16-5-3-2-4-15(14)16/h2-5,12,20H,6-11H2,1H3,(H,19,24). The van der Waals surface area contributed by atoms with E-state index in [1.54, 1.807) is 4.90 Å². The Balaban J connectivity index is 1.48. The van der Waals surface area contributed by atoms with Crippen LogP contribution in [0.3, 0.4) is 0 Å². The van der Waals surface area contributed by atoms with Crippen molar-refractivity contribution in [3.63, 3.8) is 0 Å². The van der Waals surface area contributed by atoms with Crippen LogP contribution in [0.5, 0.6) is 0 Å². The lowest BCUT2D eigenvalue weighted by atomic mass is 10.1. The Morgan fingerprint density at radius 1 is 1.08 bits per heavy atom. The van der Waals surface area contributed by atoms with Crippen LogP contribution in [-0.4, -0.2) is 65.2 Å². The molecule has 7 heteroatoms. The molecule has 0 radical (unpaired) electrons. The molecule has 1 fully saturated rings. The van der Waals surface area contributed by atoms with Gasteiger partial charge in [0.25, 0.3) is 0 Å². The second-order valence-corrected chi connectivity index (χ2v) is 6.16. The fourth-order valence-corrected chi connectivity index (χ4v) is 3.09.